The predicted octanol–water partition coefficient (Wildman–Crippen LogP) is 22.5. The fourth-order valence-corrected chi connectivity index (χ4v) is 15.4. The number of aromatic nitrogens is 5. The van der Waals surface area contributed by atoms with Gasteiger partial charge < -0.3 is 17.7 Å². The molecule has 0 N–H and O–H groups in total. The van der Waals surface area contributed by atoms with E-state index in [-0.39, 0.29) is 0 Å². The molecule has 9 heterocycles. The van der Waals surface area contributed by atoms with Crippen molar-refractivity contribution in [2.24, 2.45) is 28.2 Å². The monoisotopic (exact) mass is 1340 g/mol. The zero-order valence-corrected chi connectivity index (χ0v) is 59.3. The lowest BCUT2D eigenvalue weighted by Gasteiger charge is -2.06. The van der Waals surface area contributed by atoms with E-state index in [0.29, 0.717) is 11.3 Å². The Hall–Kier alpha value is -12.6. The van der Waals surface area contributed by atoms with Gasteiger partial charge in [0.1, 0.15) is 50.5 Å². The molecule has 9 nitrogen and oxygen atoms in total. The molecular weight excluding hydrogens is 1260 g/mol. The average molecular weight is 1340 g/mol. The standard InChI is InChI=1S/C25H22NO.C24H20NO.C23H18NO.C22H17N2O/c1-15-5-8-19(17(3)11-15)22-13-24-21(14-26(22)4)25-20-9-6-16(2)12-18(20)7-10-23(25)27-24;1-15-8-10-18(16(2)12-15)21-13-20-23(14-25(21)3)26-22-11-9-17-6-4-5-7-19(17)24(20)22;1-15-7-3-5-9-17(15)20-13-19-22(14-24(20)2)25-21-12-11-16-8-4-6-10-18(16)23(19)21;1-14-7-3-5-9-16(14)19-11-18-20(13-24(19)2)25-22-21(18)17-10-6-4-8-15(17)12-23-22/h5-14H,1-4H3;4-14H,1-3H3;3-14H,1-2H3;3-13H,1-2H3/q4*+1/i1D3;;;. The summed E-state index contributed by atoms with van der Waals surface area (Å²) in [7, 11) is 8.23. The first kappa shape index (κ1) is 60.4. The molecule has 0 bridgehead atoms. The van der Waals surface area contributed by atoms with Crippen molar-refractivity contribution in [1.29, 1.82) is 0 Å². The molecule has 0 fully saturated rings. The molecule has 0 unspecified atom stereocenters. The van der Waals surface area contributed by atoms with E-state index in [2.05, 4.69) is 298 Å². The second-order valence-electron chi connectivity index (χ2n) is 27.6. The van der Waals surface area contributed by atoms with E-state index in [1.54, 1.807) is 12.1 Å². The second kappa shape index (κ2) is 25.5. The maximum Gasteiger partial charge on any atom is 0.228 e. The molecule has 11 aromatic carbocycles. The first-order valence-electron chi connectivity index (χ1n) is 36.4. The minimum absolute atomic E-state index is 0.359. The molecule has 20 rings (SSSR count). The van der Waals surface area contributed by atoms with Crippen LogP contribution in [-0.2, 0) is 28.2 Å². The van der Waals surface area contributed by atoms with Gasteiger partial charge in [0.25, 0.3) is 0 Å². The van der Waals surface area contributed by atoms with Crippen molar-refractivity contribution in [1.82, 2.24) is 4.98 Å². The van der Waals surface area contributed by atoms with Crippen LogP contribution in [0.25, 0.3) is 176 Å². The molecule has 498 valence electrons. The summed E-state index contributed by atoms with van der Waals surface area (Å²) in [6, 6.07) is 82.1. The van der Waals surface area contributed by atoms with Gasteiger partial charge >= 0.3 is 0 Å². The van der Waals surface area contributed by atoms with Gasteiger partial charge in [-0.1, -0.05) is 187 Å². The normalized spacial score (nSPS) is 12.2. The van der Waals surface area contributed by atoms with Crippen LogP contribution in [-0.4, -0.2) is 4.98 Å². The second-order valence-corrected chi connectivity index (χ2v) is 27.6. The van der Waals surface area contributed by atoms with Gasteiger partial charge in [0.15, 0.2) is 17.4 Å². The lowest BCUT2D eigenvalue weighted by Crippen LogP contribution is -2.30. The van der Waals surface area contributed by atoms with Crippen LogP contribution in [0.2, 0.25) is 0 Å². The van der Waals surface area contributed by atoms with Gasteiger partial charge in [0.05, 0.1) is 16.8 Å². The molecule has 103 heavy (non-hydrogen) atoms. The van der Waals surface area contributed by atoms with Gasteiger partial charge in [0, 0.05) is 88.5 Å². The smallest absolute Gasteiger partial charge is 0.228 e. The van der Waals surface area contributed by atoms with Crippen LogP contribution in [0.15, 0.2) is 285 Å². The lowest BCUT2D eigenvalue weighted by atomic mass is 10.00. The van der Waals surface area contributed by atoms with Crippen molar-refractivity contribution in [3.8, 4) is 45.0 Å². The zero-order chi connectivity index (χ0) is 73.0. The van der Waals surface area contributed by atoms with Crippen molar-refractivity contribution in [2.45, 2.75) is 48.4 Å². The van der Waals surface area contributed by atoms with Crippen LogP contribution >= 0.6 is 0 Å². The fraction of sp³-hybridized carbons (Fsp3) is 0.117. The molecule has 0 atom stereocenters. The van der Waals surface area contributed by atoms with Gasteiger partial charge in [-0.2, -0.15) is 13.7 Å². The van der Waals surface area contributed by atoms with Crippen molar-refractivity contribution in [3.63, 3.8) is 0 Å². The number of rotatable bonds is 4. The number of fused-ring (bicyclic) bond motifs is 20. The quantitative estimate of drug-likeness (QED) is 0.164. The Kier molecular flexibility index (Phi) is 15.0. The average Bonchev–Trinajstić information content (AvgIpc) is 1.70. The van der Waals surface area contributed by atoms with Crippen molar-refractivity contribution in [3.05, 3.63) is 307 Å². The van der Waals surface area contributed by atoms with E-state index in [1.807, 2.05) is 50.6 Å². The van der Waals surface area contributed by atoms with Crippen LogP contribution < -0.4 is 18.3 Å². The molecule has 0 spiro atoms. The summed E-state index contributed by atoms with van der Waals surface area (Å²) < 4.78 is 56.0. The topological polar surface area (TPSA) is 81.0 Å². The van der Waals surface area contributed by atoms with E-state index >= 15 is 0 Å². The largest absolute Gasteiger partial charge is 0.456 e. The van der Waals surface area contributed by atoms with E-state index in [9.17, 15) is 0 Å². The molecule has 20 aromatic rings. The number of benzene rings is 11. The zero-order valence-electron chi connectivity index (χ0n) is 62.3. The molecule has 0 amide bonds. The van der Waals surface area contributed by atoms with Gasteiger partial charge in [0.2, 0.25) is 52.7 Å². The molecule has 0 saturated heterocycles. The Morgan fingerprint density at radius 2 is 0.660 bits per heavy atom. The van der Waals surface area contributed by atoms with Crippen molar-refractivity contribution in [2.75, 3.05) is 0 Å². The van der Waals surface area contributed by atoms with Crippen LogP contribution in [0.5, 0.6) is 0 Å². The highest BCUT2D eigenvalue weighted by atomic mass is 16.3. The minimum Gasteiger partial charge on any atom is -0.456 e. The minimum atomic E-state index is -2.10. The van der Waals surface area contributed by atoms with Crippen LogP contribution in [0.3, 0.4) is 0 Å². The molecule has 0 aliphatic rings. The van der Waals surface area contributed by atoms with Crippen LogP contribution in [0, 0.1) is 48.4 Å². The van der Waals surface area contributed by atoms with Crippen LogP contribution in [0.1, 0.15) is 43.1 Å². The Labute approximate surface area is 600 Å². The van der Waals surface area contributed by atoms with Gasteiger partial charge in [-0.3, -0.25) is 0 Å². The summed E-state index contributed by atoms with van der Waals surface area (Å²) in [5.74, 6) is 0. The van der Waals surface area contributed by atoms with Gasteiger partial charge in [-0.05, 0) is 151 Å². The number of aryl methyl sites for hydroxylation is 11. The van der Waals surface area contributed by atoms with Crippen molar-refractivity contribution < 1.29 is 40.0 Å². The highest BCUT2D eigenvalue weighted by Gasteiger charge is 2.25. The summed E-state index contributed by atoms with van der Waals surface area (Å²) in [6.07, 6.45) is 10.2. The molecule has 0 aliphatic heterocycles. The highest BCUT2D eigenvalue weighted by Crippen LogP contribution is 2.41. The Bertz CT molecular complexity index is 6770. The van der Waals surface area contributed by atoms with E-state index in [4.69, 9.17) is 21.8 Å². The summed E-state index contributed by atoms with van der Waals surface area (Å²) in [4.78, 5) is 4.52. The summed E-state index contributed by atoms with van der Waals surface area (Å²) >= 11 is 0. The number of nitrogens with zero attached hydrogens (tertiary/aromatic N) is 5. The van der Waals surface area contributed by atoms with Gasteiger partial charge in [-0.25, -0.2) is 9.55 Å². The summed E-state index contributed by atoms with van der Waals surface area (Å²) in [5, 5.41) is 18.8. The molecule has 0 radical (unpaired) electrons. The molecule has 9 aromatic heterocycles. The summed E-state index contributed by atoms with van der Waals surface area (Å²) in [5.41, 5.74) is 23.9. The first-order chi connectivity index (χ1) is 51.3. The first-order valence-corrected chi connectivity index (χ1v) is 34.9. The fourth-order valence-electron chi connectivity index (χ4n) is 15.4. The van der Waals surface area contributed by atoms with E-state index < -0.39 is 6.85 Å². The van der Waals surface area contributed by atoms with Crippen molar-refractivity contribution >= 4 is 131 Å². The number of pyridine rings is 5. The summed E-state index contributed by atoms with van der Waals surface area (Å²) in [6.45, 7) is 10.6. The van der Waals surface area contributed by atoms with Gasteiger partial charge in [-0.15, -0.1) is 0 Å². The Morgan fingerprint density at radius 3 is 1.19 bits per heavy atom. The third-order valence-electron chi connectivity index (χ3n) is 20.6. The number of hydrogen-bond acceptors (Lipinski definition) is 5. The van der Waals surface area contributed by atoms with Crippen LogP contribution in [0.4, 0.5) is 0 Å². The maximum absolute atomic E-state index is 7.65. The molecule has 0 saturated carbocycles. The predicted molar refractivity (Wildman–Crippen MR) is 422 cm³/mol. The maximum atomic E-state index is 7.65. The highest BCUT2D eigenvalue weighted by molar-refractivity contribution is 6.22. The number of hydrogen-bond donors (Lipinski definition) is 0. The molecular formula is C94H77N5O4+4. The number of furan rings is 4. The third kappa shape index (κ3) is 11.3. The SMILES string of the molecule is Cc1ccc(-c2cc3c(c[n+]2C)oc2ccc4ccccc4c23)c(C)c1.Cc1ccccc1-c1cc2c(c[n+]1C)oc1ccc3ccccc3c12.Cc1ccccc1-c1cc2c(c[n+]1C)oc1ncc3ccccc3c12.[2H]C([2H])([2H])c1ccc(-c2cc3oc4ccc5cc(C)ccc5c4c3c[n+]2C)c(C)c1. The lowest BCUT2D eigenvalue weighted by molar-refractivity contribution is -0.659. The van der Waals surface area contributed by atoms with E-state index in [1.165, 1.54) is 121 Å². The molecule has 0 aliphatic carbocycles. The van der Waals surface area contributed by atoms with E-state index in [0.717, 1.165) is 82.8 Å². The molecule has 9 heteroatoms. The third-order valence-corrected chi connectivity index (χ3v) is 20.6. The Morgan fingerprint density at radius 1 is 0.272 bits per heavy atom. The Balaban J connectivity index is 0.000000104.